The van der Waals surface area contributed by atoms with Gasteiger partial charge in [-0.2, -0.15) is 0 Å². The second kappa shape index (κ2) is 7.08. The molecule has 1 atom stereocenters. The number of likely N-dealkylation sites (tertiary alicyclic amines) is 1. The zero-order chi connectivity index (χ0) is 16.2. The Bertz CT molecular complexity index is 556. The molecule has 2 heterocycles. The summed E-state index contributed by atoms with van der Waals surface area (Å²) in [6.45, 7) is 5.25. The molecule has 3 N–H and O–H groups in total. The van der Waals surface area contributed by atoms with E-state index >= 15 is 0 Å². The molecule has 2 aliphatic rings. The smallest absolute Gasteiger partial charge is 0.218 e. The molecule has 0 aromatic heterocycles. The molecule has 1 amide bonds. The number of hydrogen-bond donors (Lipinski definition) is 2. The van der Waals surface area contributed by atoms with Gasteiger partial charge >= 0.3 is 0 Å². The molecule has 0 aliphatic carbocycles. The van der Waals surface area contributed by atoms with Gasteiger partial charge in [0.25, 0.3) is 0 Å². The van der Waals surface area contributed by atoms with Gasteiger partial charge in [0.15, 0.2) is 11.5 Å². The summed E-state index contributed by atoms with van der Waals surface area (Å²) < 4.78 is 11.2. The number of piperidine rings is 1. The van der Waals surface area contributed by atoms with E-state index in [1.54, 1.807) is 0 Å². The Kier molecular flexibility index (Phi) is 4.91. The number of fused-ring (bicyclic) bond motifs is 1. The lowest BCUT2D eigenvalue weighted by Gasteiger charge is -2.36. The van der Waals surface area contributed by atoms with Crippen LogP contribution in [0.5, 0.6) is 11.5 Å². The topological polar surface area (TPSA) is 76.8 Å². The van der Waals surface area contributed by atoms with Gasteiger partial charge < -0.3 is 20.5 Å². The minimum absolute atomic E-state index is 0.225. The predicted molar refractivity (Wildman–Crippen MR) is 88.9 cm³/mol. The maximum absolute atomic E-state index is 11.0. The highest BCUT2D eigenvalue weighted by Crippen LogP contribution is 2.33. The SMILES string of the molecule is C[C@H](CC(N)=O)N1CCC(Nc2ccc3c(c2)OCCO3)CC1. The van der Waals surface area contributed by atoms with Gasteiger partial charge in [0.05, 0.1) is 0 Å². The average molecular weight is 319 g/mol. The molecular formula is C17H25N3O3. The summed E-state index contributed by atoms with van der Waals surface area (Å²) in [7, 11) is 0. The Morgan fingerprint density at radius 3 is 2.70 bits per heavy atom. The minimum Gasteiger partial charge on any atom is -0.486 e. The lowest BCUT2D eigenvalue weighted by Crippen LogP contribution is -2.44. The molecule has 0 saturated carbocycles. The number of ether oxygens (including phenoxy) is 2. The number of carbonyl (C=O) groups is 1. The molecule has 0 unspecified atom stereocenters. The van der Waals surface area contributed by atoms with Crippen LogP contribution in [0.1, 0.15) is 26.2 Å². The summed E-state index contributed by atoms with van der Waals surface area (Å²) in [5.74, 6) is 1.40. The first kappa shape index (κ1) is 15.9. The van der Waals surface area contributed by atoms with Crippen molar-refractivity contribution in [1.29, 1.82) is 0 Å². The van der Waals surface area contributed by atoms with Crippen LogP contribution in [0.4, 0.5) is 5.69 Å². The van der Waals surface area contributed by atoms with Crippen LogP contribution in [0.2, 0.25) is 0 Å². The molecule has 0 radical (unpaired) electrons. The zero-order valence-electron chi connectivity index (χ0n) is 13.6. The number of carbonyl (C=O) groups excluding carboxylic acids is 1. The third-order valence-corrected chi connectivity index (χ3v) is 4.56. The van der Waals surface area contributed by atoms with E-state index in [0.717, 1.165) is 43.1 Å². The second-order valence-corrected chi connectivity index (χ2v) is 6.33. The molecule has 6 nitrogen and oxygen atoms in total. The number of nitrogens with two attached hydrogens (primary N) is 1. The molecular weight excluding hydrogens is 294 g/mol. The molecule has 126 valence electrons. The molecule has 0 spiro atoms. The van der Waals surface area contributed by atoms with Gasteiger partial charge in [-0.1, -0.05) is 0 Å². The number of rotatable bonds is 5. The van der Waals surface area contributed by atoms with E-state index in [4.69, 9.17) is 15.2 Å². The third kappa shape index (κ3) is 4.07. The van der Waals surface area contributed by atoms with Crippen LogP contribution in [-0.4, -0.2) is 49.2 Å². The van der Waals surface area contributed by atoms with Crippen LogP contribution >= 0.6 is 0 Å². The van der Waals surface area contributed by atoms with Crippen LogP contribution in [0, 0.1) is 0 Å². The average Bonchev–Trinajstić information content (AvgIpc) is 2.55. The van der Waals surface area contributed by atoms with E-state index in [1.165, 1.54) is 0 Å². The molecule has 1 aromatic rings. The van der Waals surface area contributed by atoms with Crippen LogP contribution in [0.3, 0.4) is 0 Å². The van der Waals surface area contributed by atoms with Crippen LogP contribution in [0.15, 0.2) is 18.2 Å². The summed E-state index contributed by atoms with van der Waals surface area (Å²) >= 11 is 0. The van der Waals surface area contributed by atoms with E-state index in [1.807, 2.05) is 18.2 Å². The molecule has 6 heteroatoms. The fourth-order valence-electron chi connectivity index (χ4n) is 3.27. The minimum atomic E-state index is -0.228. The van der Waals surface area contributed by atoms with Crippen molar-refractivity contribution in [3.8, 4) is 11.5 Å². The summed E-state index contributed by atoms with van der Waals surface area (Å²) in [6, 6.07) is 6.67. The number of nitrogens with zero attached hydrogens (tertiary/aromatic N) is 1. The van der Waals surface area contributed by atoms with Crippen molar-refractivity contribution >= 4 is 11.6 Å². The second-order valence-electron chi connectivity index (χ2n) is 6.33. The first-order valence-electron chi connectivity index (χ1n) is 8.30. The number of hydrogen-bond acceptors (Lipinski definition) is 5. The number of primary amides is 1. The maximum atomic E-state index is 11.0. The van der Waals surface area contributed by atoms with E-state index in [-0.39, 0.29) is 11.9 Å². The van der Waals surface area contributed by atoms with E-state index in [9.17, 15) is 4.79 Å². The van der Waals surface area contributed by atoms with Gasteiger partial charge in [-0.25, -0.2) is 0 Å². The van der Waals surface area contributed by atoms with Gasteiger partial charge in [0.2, 0.25) is 5.91 Å². The van der Waals surface area contributed by atoms with Crippen LogP contribution in [-0.2, 0) is 4.79 Å². The Labute approximate surface area is 136 Å². The molecule has 23 heavy (non-hydrogen) atoms. The summed E-state index contributed by atoms with van der Waals surface area (Å²) in [6.07, 6.45) is 2.54. The van der Waals surface area contributed by atoms with E-state index in [2.05, 4.69) is 17.1 Å². The first-order chi connectivity index (χ1) is 11.1. The predicted octanol–water partition coefficient (Wildman–Crippen LogP) is 1.60. The normalized spacial score (nSPS) is 20.0. The van der Waals surface area contributed by atoms with Gasteiger partial charge in [0, 0.05) is 43.3 Å². The summed E-state index contributed by atoms with van der Waals surface area (Å²) in [5, 5.41) is 3.58. The van der Waals surface area contributed by atoms with E-state index < -0.39 is 0 Å². The third-order valence-electron chi connectivity index (χ3n) is 4.56. The molecule has 1 saturated heterocycles. The van der Waals surface area contributed by atoms with Crippen molar-refractivity contribution in [2.75, 3.05) is 31.6 Å². The Morgan fingerprint density at radius 1 is 1.30 bits per heavy atom. The van der Waals surface area contributed by atoms with Gasteiger partial charge in [-0.3, -0.25) is 9.69 Å². The molecule has 1 aromatic carbocycles. The van der Waals surface area contributed by atoms with Crippen molar-refractivity contribution in [1.82, 2.24) is 4.90 Å². The number of nitrogens with one attached hydrogen (secondary N) is 1. The molecule has 0 bridgehead atoms. The van der Waals surface area contributed by atoms with Crippen molar-refractivity contribution in [3.05, 3.63) is 18.2 Å². The Hall–Kier alpha value is -1.95. The number of benzene rings is 1. The fourth-order valence-corrected chi connectivity index (χ4v) is 3.27. The monoisotopic (exact) mass is 319 g/mol. The van der Waals surface area contributed by atoms with Crippen LogP contribution < -0.4 is 20.5 Å². The first-order valence-corrected chi connectivity index (χ1v) is 8.30. The largest absolute Gasteiger partial charge is 0.486 e. The molecule has 1 fully saturated rings. The Balaban J connectivity index is 1.52. The van der Waals surface area contributed by atoms with E-state index in [0.29, 0.717) is 25.7 Å². The Morgan fingerprint density at radius 2 is 2.00 bits per heavy atom. The highest BCUT2D eigenvalue weighted by Gasteiger charge is 2.23. The van der Waals surface area contributed by atoms with Crippen molar-refractivity contribution in [3.63, 3.8) is 0 Å². The standard InChI is InChI=1S/C17H25N3O3/c1-12(10-17(18)21)20-6-4-13(5-7-20)19-14-2-3-15-16(11-14)23-9-8-22-15/h2-3,11-13,19H,4-10H2,1H3,(H2,18,21)/t12-/m1/s1. The highest BCUT2D eigenvalue weighted by atomic mass is 16.6. The quantitative estimate of drug-likeness (QED) is 0.862. The van der Waals surface area contributed by atoms with Crippen LogP contribution in [0.25, 0.3) is 0 Å². The van der Waals surface area contributed by atoms with Crippen molar-refractivity contribution in [2.45, 2.75) is 38.3 Å². The number of anilines is 1. The fraction of sp³-hybridized carbons (Fsp3) is 0.588. The molecule has 3 rings (SSSR count). The zero-order valence-corrected chi connectivity index (χ0v) is 13.6. The molecule has 2 aliphatic heterocycles. The van der Waals surface area contributed by atoms with Gasteiger partial charge in [0.1, 0.15) is 13.2 Å². The van der Waals surface area contributed by atoms with Crippen molar-refractivity contribution in [2.24, 2.45) is 5.73 Å². The van der Waals surface area contributed by atoms with Gasteiger partial charge in [-0.15, -0.1) is 0 Å². The summed E-state index contributed by atoms with van der Waals surface area (Å²) in [5.41, 5.74) is 6.35. The maximum Gasteiger partial charge on any atom is 0.218 e. The number of amides is 1. The van der Waals surface area contributed by atoms with Gasteiger partial charge in [-0.05, 0) is 31.9 Å². The highest BCUT2D eigenvalue weighted by molar-refractivity contribution is 5.74. The summed E-state index contributed by atoms with van der Waals surface area (Å²) in [4.78, 5) is 13.4. The van der Waals surface area contributed by atoms with Crippen molar-refractivity contribution < 1.29 is 14.3 Å². The lowest BCUT2D eigenvalue weighted by atomic mass is 10.0. The lowest BCUT2D eigenvalue weighted by molar-refractivity contribution is -0.119.